The molecule has 1 aliphatic rings. The Morgan fingerprint density at radius 3 is 3.05 bits per heavy atom. The van der Waals surface area contributed by atoms with E-state index in [9.17, 15) is 4.79 Å². The molecule has 1 unspecified atom stereocenters. The van der Waals surface area contributed by atoms with Crippen LogP contribution < -0.4 is 10.5 Å². The van der Waals surface area contributed by atoms with E-state index in [1.807, 2.05) is 12.1 Å². The number of carbonyl (C=O) groups excluding carboxylic acids is 1. The fraction of sp³-hybridized carbons (Fsp3) is 0.500. The van der Waals surface area contributed by atoms with E-state index in [1.165, 1.54) is 0 Å². The van der Waals surface area contributed by atoms with E-state index < -0.39 is 0 Å². The summed E-state index contributed by atoms with van der Waals surface area (Å²) in [5.74, 6) is 1.00. The highest BCUT2D eigenvalue weighted by molar-refractivity contribution is 5.76. The minimum absolute atomic E-state index is 0.0832. The zero-order valence-electron chi connectivity index (χ0n) is 10.9. The average molecular weight is 264 g/mol. The molecule has 0 radical (unpaired) electrons. The van der Waals surface area contributed by atoms with Crippen LogP contribution >= 0.6 is 0 Å². The van der Waals surface area contributed by atoms with E-state index in [0.29, 0.717) is 31.0 Å². The second kappa shape index (κ2) is 6.43. The quantitative estimate of drug-likeness (QED) is 0.774. The third-order valence-corrected chi connectivity index (χ3v) is 3.34. The first kappa shape index (κ1) is 13.7. The maximum absolute atomic E-state index is 11.9. The number of nitrogens with two attached hydrogens (primary N) is 1. The normalized spacial score (nSPS) is 18.6. The molecule has 1 aromatic carbocycles. The van der Waals surface area contributed by atoms with Gasteiger partial charge in [0.2, 0.25) is 5.91 Å². The molecule has 2 rings (SSSR count). The molecule has 0 bridgehead atoms. The third-order valence-electron chi connectivity index (χ3n) is 3.34. The van der Waals surface area contributed by atoms with Gasteiger partial charge in [0.1, 0.15) is 5.75 Å². The molecule has 0 spiro atoms. The summed E-state index contributed by atoms with van der Waals surface area (Å²) in [6, 6.07) is 7.16. The lowest BCUT2D eigenvalue weighted by atomic mass is 10.1. The summed E-state index contributed by atoms with van der Waals surface area (Å²) in [5.41, 5.74) is 6.29. The second-order valence-electron chi connectivity index (χ2n) is 4.85. The summed E-state index contributed by atoms with van der Waals surface area (Å²) >= 11 is 0. The first-order valence-electron chi connectivity index (χ1n) is 6.56. The van der Waals surface area contributed by atoms with Crippen LogP contribution in [0, 0.1) is 5.92 Å². The van der Waals surface area contributed by atoms with Gasteiger partial charge in [0, 0.05) is 37.4 Å². The number of anilines is 1. The molecule has 0 aliphatic carbocycles. The van der Waals surface area contributed by atoms with Gasteiger partial charge in [-0.05, 0) is 18.6 Å². The number of hydrogen-bond donors (Lipinski definition) is 2. The van der Waals surface area contributed by atoms with Crippen LogP contribution in [0.5, 0.6) is 5.75 Å². The van der Waals surface area contributed by atoms with Crippen molar-refractivity contribution in [2.24, 2.45) is 5.92 Å². The Balaban J connectivity index is 1.72. The van der Waals surface area contributed by atoms with Crippen molar-refractivity contribution in [1.82, 2.24) is 4.90 Å². The predicted molar refractivity (Wildman–Crippen MR) is 72.7 cm³/mol. The Labute approximate surface area is 113 Å². The van der Waals surface area contributed by atoms with Crippen molar-refractivity contribution in [2.45, 2.75) is 12.8 Å². The molecule has 5 heteroatoms. The Kier molecular flexibility index (Phi) is 4.63. The summed E-state index contributed by atoms with van der Waals surface area (Å²) in [4.78, 5) is 13.7. The lowest BCUT2D eigenvalue weighted by molar-refractivity contribution is -0.130. The third kappa shape index (κ3) is 3.86. The molecule has 1 atom stereocenters. The SMILES string of the molecule is Nc1cccc(OCCC(=O)N2CCC(CO)C2)c1. The fourth-order valence-electron chi connectivity index (χ4n) is 2.23. The zero-order chi connectivity index (χ0) is 13.7. The number of aliphatic hydroxyl groups is 1. The highest BCUT2D eigenvalue weighted by Gasteiger charge is 2.25. The number of nitrogens with zero attached hydrogens (tertiary/aromatic N) is 1. The fourth-order valence-corrected chi connectivity index (χ4v) is 2.23. The predicted octanol–water partition coefficient (Wildman–Crippen LogP) is 0.878. The minimum Gasteiger partial charge on any atom is -0.493 e. The number of benzene rings is 1. The first-order valence-corrected chi connectivity index (χ1v) is 6.56. The van der Waals surface area contributed by atoms with Crippen molar-refractivity contribution in [2.75, 3.05) is 32.0 Å². The molecule has 1 heterocycles. The number of amides is 1. The van der Waals surface area contributed by atoms with Crippen molar-refractivity contribution in [3.05, 3.63) is 24.3 Å². The number of hydrogen-bond acceptors (Lipinski definition) is 4. The van der Waals surface area contributed by atoms with Gasteiger partial charge < -0.3 is 20.5 Å². The van der Waals surface area contributed by atoms with Crippen LogP contribution in [0.2, 0.25) is 0 Å². The lowest BCUT2D eigenvalue weighted by Gasteiger charge is -2.16. The van der Waals surface area contributed by atoms with E-state index in [2.05, 4.69) is 0 Å². The van der Waals surface area contributed by atoms with Crippen LogP contribution in [-0.2, 0) is 4.79 Å². The van der Waals surface area contributed by atoms with Gasteiger partial charge in [0.05, 0.1) is 13.0 Å². The highest BCUT2D eigenvalue weighted by Crippen LogP contribution is 2.17. The van der Waals surface area contributed by atoms with E-state index in [4.69, 9.17) is 15.6 Å². The number of aliphatic hydroxyl groups excluding tert-OH is 1. The van der Waals surface area contributed by atoms with Gasteiger partial charge >= 0.3 is 0 Å². The van der Waals surface area contributed by atoms with E-state index in [-0.39, 0.29) is 18.4 Å². The molecule has 1 aliphatic heterocycles. The summed E-state index contributed by atoms with van der Waals surface area (Å²) in [5, 5.41) is 9.04. The lowest BCUT2D eigenvalue weighted by Crippen LogP contribution is -2.30. The zero-order valence-corrected chi connectivity index (χ0v) is 10.9. The molecule has 1 aromatic rings. The highest BCUT2D eigenvalue weighted by atomic mass is 16.5. The monoisotopic (exact) mass is 264 g/mol. The molecule has 1 saturated heterocycles. The van der Waals surface area contributed by atoms with Crippen LogP contribution in [-0.4, -0.2) is 42.2 Å². The molecule has 104 valence electrons. The molecule has 3 N–H and O–H groups in total. The van der Waals surface area contributed by atoms with Gasteiger partial charge in [0.25, 0.3) is 0 Å². The van der Waals surface area contributed by atoms with Gasteiger partial charge in [-0.25, -0.2) is 0 Å². The van der Waals surface area contributed by atoms with Gasteiger partial charge in [-0.1, -0.05) is 6.07 Å². The molecule has 19 heavy (non-hydrogen) atoms. The molecule has 1 amide bonds. The van der Waals surface area contributed by atoms with Crippen molar-refractivity contribution in [3.63, 3.8) is 0 Å². The largest absolute Gasteiger partial charge is 0.493 e. The molecule has 5 nitrogen and oxygen atoms in total. The molecule has 0 aromatic heterocycles. The number of rotatable bonds is 5. The first-order chi connectivity index (χ1) is 9.19. The van der Waals surface area contributed by atoms with E-state index in [0.717, 1.165) is 13.0 Å². The maximum atomic E-state index is 11.9. The van der Waals surface area contributed by atoms with Gasteiger partial charge in [-0.3, -0.25) is 4.79 Å². The standard InChI is InChI=1S/C14H20N2O3/c15-12-2-1-3-13(8-12)19-7-5-14(18)16-6-4-11(9-16)10-17/h1-3,8,11,17H,4-7,9-10,15H2. The Hall–Kier alpha value is -1.75. The van der Waals surface area contributed by atoms with Gasteiger partial charge in [0.15, 0.2) is 0 Å². The van der Waals surface area contributed by atoms with Crippen molar-refractivity contribution in [3.8, 4) is 5.75 Å². The number of ether oxygens (including phenoxy) is 1. The van der Waals surface area contributed by atoms with Gasteiger partial charge in [-0.2, -0.15) is 0 Å². The van der Waals surface area contributed by atoms with E-state index >= 15 is 0 Å². The summed E-state index contributed by atoms with van der Waals surface area (Å²) in [6.45, 7) is 1.90. The minimum atomic E-state index is 0.0832. The molecule has 1 fully saturated rings. The molecular weight excluding hydrogens is 244 g/mol. The van der Waals surface area contributed by atoms with E-state index in [1.54, 1.807) is 17.0 Å². The maximum Gasteiger partial charge on any atom is 0.226 e. The Morgan fingerprint density at radius 2 is 2.37 bits per heavy atom. The number of likely N-dealkylation sites (tertiary alicyclic amines) is 1. The smallest absolute Gasteiger partial charge is 0.226 e. The van der Waals surface area contributed by atoms with Crippen LogP contribution in [0.3, 0.4) is 0 Å². The van der Waals surface area contributed by atoms with Crippen LogP contribution in [0.25, 0.3) is 0 Å². The van der Waals surface area contributed by atoms with Crippen molar-refractivity contribution >= 4 is 11.6 Å². The summed E-state index contributed by atoms with van der Waals surface area (Å²) < 4.78 is 5.49. The summed E-state index contributed by atoms with van der Waals surface area (Å²) in [7, 11) is 0. The average Bonchev–Trinajstić information content (AvgIpc) is 2.87. The summed E-state index contributed by atoms with van der Waals surface area (Å²) in [6.07, 6.45) is 1.24. The van der Waals surface area contributed by atoms with Crippen molar-refractivity contribution < 1.29 is 14.6 Å². The second-order valence-corrected chi connectivity index (χ2v) is 4.85. The number of carbonyl (C=O) groups is 1. The molecule has 0 saturated carbocycles. The Morgan fingerprint density at radius 1 is 1.53 bits per heavy atom. The number of nitrogen functional groups attached to an aromatic ring is 1. The van der Waals surface area contributed by atoms with Crippen LogP contribution in [0.1, 0.15) is 12.8 Å². The topological polar surface area (TPSA) is 75.8 Å². The van der Waals surface area contributed by atoms with Gasteiger partial charge in [-0.15, -0.1) is 0 Å². The van der Waals surface area contributed by atoms with Crippen LogP contribution in [0.15, 0.2) is 24.3 Å². The van der Waals surface area contributed by atoms with Crippen LogP contribution in [0.4, 0.5) is 5.69 Å². The van der Waals surface area contributed by atoms with Crippen molar-refractivity contribution in [1.29, 1.82) is 0 Å². The molecular formula is C14H20N2O3. The Bertz CT molecular complexity index is 436.